The third-order valence-electron chi connectivity index (χ3n) is 6.18. The zero-order valence-corrected chi connectivity index (χ0v) is 17.0. The average molecular weight is 419 g/mol. The summed E-state index contributed by atoms with van der Waals surface area (Å²) in [6.45, 7) is 2.37. The molecule has 31 heavy (non-hydrogen) atoms. The molecule has 3 N–H and O–H groups in total. The van der Waals surface area contributed by atoms with Crippen LogP contribution in [0.4, 0.5) is 10.1 Å². The number of benzene rings is 1. The maximum Gasteiger partial charge on any atom is 0.259 e. The lowest BCUT2D eigenvalue weighted by Gasteiger charge is -2.65. The van der Waals surface area contributed by atoms with Crippen molar-refractivity contribution in [3.8, 4) is 0 Å². The van der Waals surface area contributed by atoms with Gasteiger partial charge in [-0.2, -0.15) is 15.3 Å². The number of hydrazone groups is 1. The lowest BCUT2D eigenvalue weighted by molar-refractivity contribution is -0.206. The molecule has 1 amide bonds. The fourth-order valence-corrected chi connectivity index (χ4v) is 4.63. The number of anilines is 1. The number of azo groups is 1. The summed E-state index contributed by atoms with van der Waals surface area (Å²) in [4.78, 5) is 12.9. The van der Waals surface area contributed by atoms with E-state index in [0.717, 1.165) is 11.1 Å². The number of nitrogens with two attached hydrogens (primary N) is 1. The number of amidine groups is 1. The van der Waals surface area contributed by atoms with E-state index in [1.165, 1.54) is 6.20 Å². The Kier molecular flexibility index (Phi) is 4.35. The van der Waals surface area contributed by atoms with Crippen molar-refractivity contribution >= 4 is 22.9 Å². The number of fused-ring (bicyclic) bond motifs is 1. The van der Waals surface area contributed by atoms with Crippen LogP contribution in [0.5, 0.6) is 0 Å². The van der Waals surface area contributed by atoms with Gasteiger partial charge in [-0.15, -0.1) is 5.11 Å². The number of alkyl halides is 1. The molecule has 0 atom stereocenters. The van der Waals surface area contributed by atoms with Crippen LogP contribution in [-0.4, -0.2) is 33.6 Å². The van der Waals surface area contributed by atoms with Gasteiger partial charge >= 0.3 is 0 Å². The number of carbonyl (C=O) groups is 1. The molecule has 0 radical (unpaired) electrons. The van der Waals surface area contributed by atoms with Gasteiger partial charge in [0.2, 0.25) is 0 Å². The largest absolute Gasteiger partial charge is 0.322 e. The van der Waals surface area contributed by atoms with Crippen LogP contribution in [0, 0.1) is 12.3 Å². The minimum atomic E-state index is -0.953. The first-order chi connectivity index (χ1) is 14.9. The minimum Gasteiger partial charge on any atom is -0.322 e. The molecule has 3 saturated carbocycles. The molecular formula is C22H22FN7O. The molecule has 2 bridgehead atoms. The highest BCUT2D eigenvalue weighted by atomic mass is 19.1. The summed E-state index contributed by atoms with van der Waals surface area (Å²) in [5.41, 5.74) is 2.34. The summed E-state index contributed by atoms with van der Waals surface area (Å²) in [5, 5.41) is 19.3. The molecule has 2 aromatic heterocycles. The molecule has 2 heterocycles. The zero-order chi connectivity index (χ0) is 21.6. The highest BCUT2D eigenvalue weighted by molar-refractivity contribution is 6.09. The molecule has 0 unspecified atom stereocenters. The first-order valence-corrected chi connectivity index (χ1v) is 10.1. The van der Waals surface area contributed by atoms with Crippen LogP contribution in [-0.2, 0) is 0 Å². The van der Waals surface area contributed by atoms with E-state index in [1.54, 1.807) is 16.8 Å². The van der Waals surface area contributed by atoms with E-state index >= 15 is 0 Å². The molecule has 3 aromatic rings. The van der Waals surface area contributed by atoms with E-state index in [-0.39, 0.29) is 17.2 Å². The summed E-state index contributed by atoms with van der Waals surface area (Å²) in [5.74, 6) is 5.53. The number of hydrogen-bond donors (Lipinski definition) is 2. The third-order valence-corrected chi connectivity index (χ3v) is 6.18. The normalized spacial score (nSPS) is 24.8. The summed E-state index contributed by atoms with van der Waals surface area (Å²) in [6.07, 6.45) is 5.03. The topological polar surface area (TPSA) is 109 Å². The Hall–Kier alpha value is -3.62. The van der Waals surface area contributed by atoms with Crippen LogP contribution >= 0.6 is 0 Å². The molecule has 1 aromatic carbocycles. The maximum absolute atomic E-state index is 13.7. The summed E-state index contributed by atoms with van der Waals surface area (Å²) < 4.78 is 15.3. The second-order valence-corrected chi connectivity index (χ2v) is 8.61. The Morgan fingerprint density at radius 2 is 2.10 bits per heavy atom. The molecule has 9 heteroatoms. The minimum absolute atomic E-state index is 0.0290. The van der Waals surface area contributed by atoms with Crippen LogP contribution in [0.1, 0.15) is 40.7 Å². The molecule has 3 fully saturated rings. The molecule has 0 spiro atoms. The van der Waals surface area contributed by atoms with Gasteiger partial charge in [-0.05, 0) is 49.9 Å². The highest BCUT2D eigenvalue weighted by Crippen LogP contribution is 2.69. The summed E-state index contributed by atoms with van der Waals surface area (Å²) in [6, 6.07) is 11.0. The van der Waals surface area contributed by atoms with E-state index in [1.807, 2.05) is 37.3 Å². The van der Waals surface area contributed by atoms with E-state index in [4.69, 9.17) is 5.84 Å². The standard InChI is InChI=1S/C22H22FN7O/c1-14-5-6-15(19(28-24)29-25-13-21-10-22(23,11-21)12-21)8-17(14)27-20(31)16-9-26-30-7-3-2-4-18(16)30/h2-9H,10-13,24H2,1H3,(H,27,31)/b28-19-,29-25?. The lowest BCUT2D eigenvalue weighted by atomic mass is 9.42. The quantitative estimate of drug-likeness (QED) is 0.215. The van der Waals surface area contributed by atoms with Crippen molar-refractivity contribution < 1.29 is 9.18 Å². The van der Waals surface area contributed by atoms with Crippen molar-refractivity contribution in [3.63, 3.8) is 0 Å². The van der Waals surface area contributed by atoms with Gasteiger partial charge in [-0.3, -0.25) is 4.79 Å². The van der Waals surface area contributed by atoms with Crippen molar-refractivity contribution in [2.24, 2.45) is 26.6 Å². The number of carbonyl (C=O) groups excluding carboxylic acids is 1. The number of nitrogens with one attached hydrogen (secondary N) is 1. The van der Waals surface area contributed by atoms with E-state index in [9.17, 15) is 9.18 Å². The van der Waals surface area contributed by atoms with Crippen molar-refractivity contribution in [1.29, 1.82) is 0 Å². The Balaban J connectivity index is 1.32. The van der Waals surface area contributed by atoms with Crippen LogP contribution in [0.25, 0.3) is 5.52 Å². The number of amides is 1. The summed E-state index contributed by atoms with van der Waals surface area (Å²) >= 11 is 0. The monoisotopic (exact) mass is 419 g/mol. The van der Waals surface area contributed by atoms with Crippen LogP contribution < -0.4 is 11.2 Å². The Morgan fingerprint density at radius 1 is 1.29 bits per heavy atom. The van der Waals surface area contributed by atoms with Gasteiger partial charge in [0.15, 0.2) is 5.84 Å². The average Bonchev–Trinajstić information content (AvgIpc) is 3.15. The Bertz CT molecular complexity index is 1230. The first-order valence-electron chi connectivity index (χ1n) is 10.1. The summed E-state index contributed by atoms with van der Waals surface area (Å²) in [7, 11) is 0. The van der Waals surface area contributed by atoms with E-state index in [2.05, 4.69) is 25.7 Å². The molecule has 6 rings (SSSR count). The van der Waals surface area contributed by atoms with Crippen molar-refractivity contribution in [1.82, 2.24) is 9.61 Å². The predicted molar refractivity (Wildman–Crippen MR) is 115 cm³/mol. The van der Waals surface area contributed by atoms with Crippen LogP contribution in [0.15, 0.2) is 64.1 Å². The van der Waals surface area contributed by atoms with Crippen LogP contribution in [0.2, 0.25) is 0 Å². The number of pyridine rings is 1. The van der Waals surface area contributed by atoms with Gasteiger partial charge in [-0.25, -0.2) is 8.91 Å². The van der Waals surface area contributed by atoms with Gasteiger partial charge in [0, 0.05) is 22.9 Å². The number of halogens is 1. The van der Waals surface area contributed by atoms with Crippen LogP contribution in [0.3, 0.4) is 0 Å². The lowest BCUT2D eigenvalue weighted by Crippen LogP contribution is -2.65. The van der Waals surface area contributed by atoms with Gasteiger partial charge < -0.3 is 11.2 Å². The van der Waals surface area contributed by atoms with Crippen molar-refractivity contribution in [3.05, 3.63) is 65.5 Å². The van der Waals surface area contributed by atoms with Crippen molar-refractivity contribution in [2.45, 2.75) is 31.9 Å². The first kappa shape index (κ1) is 19.3. The van der Waals surface area contributed by atoms with Gasteiger partial charge in [-0.1, -0.05) is 18.2 Å². The zero-order valence-electron chi connectivity index (χ0n) is 17.0. The number of rotatable bonds is 5. The van der Waals surface area contributed by atoms with Gasteiger partial charge in [0.05, 0.1) is 23.8 Å². The van der Waals surface area contributed by atoms with E-state index < -0.39 is 5.67 Å². The Morgan fingerprint density at radius 3 is 2.84 bits per heavy atom. The molecule has 3 aliphatic carbocycles. The number of nitrogens with zero attached hydrogens (tertiary/aromatic N) is 5. The second-order valence-electron chi connectivity index (χ2n) is 8.61. The Labute approximate surface area is 178 Å². The van der Waals surface area contributed by atoms with Gasteiger partial charge in [0.1, 0.15) is 5.67 Å². The maximum atomic E-state index is 13.7. The number of aromatic nitrogens is 2. The fourth-order valence-electron chi connectivity index (χ4n) is 4.63. The number of hydrogen-bond acceptors (Lipinski definition) is 5. The predicted octanol–water partition coefficient (Wildman–Crippen LogP) is 3.86. The van der Waals surface area contributed by atoms with Crippen molar-refractivity contribution in [2.75, 3.05) is 11.9 Å². The molecule has 3 aliphatic rings. The SMILES string of the molecule is Cc1ccc(/C(N=NCC23CC(F)(C2)C3)=N/N)cc1NC(=O)c1cnn2ccccc12. The highest BCUT2D eigenvalue weighted by Gasteiger charge is 2.68. The van der Waals surface area contributed by atoms with Gasteiger partial charge in [0.25, 0.3) is 5.91 Å². The number of aryl methyl sites for hydroxylation is 1. The smallest absolute Gasteiger partial charge is 0.259 e. The molecular weight excluding hydrogens is 397 g/mol. The third kappa shape index (κ3) is 3.35. The fraction of sp³-hybridized carbons (Fsp3) is 0.318. The molecule has 158 valence electrons. The second kappa shape index (κ2) is 6.97. The molecule has 0 saturated heterocycles. The molecule has 8 nitrogen and oxygen atoms in total. The molecule has 0 aliphatic heterocycles. The van der Waals surface area contributed by atoms with E-state index in [0.29, 0.717) is 42.6 Å².